The standard InChI is InChI=1S/C23H24N2O3S2/c1-18-6-5-7-19(16-18)17-29-15-14-24-23(26)20-10-12-21(13-11-20)25-30(27,28)22-8-3-2-4-9-22/h2-13,16,25H,14-15,17H2,1H3,(H,24,26). The number of hydrogen-bond donors (Lipinski definition) is 2. The Morgan fingerprint density at radius 3 is 2.37 bits per heavy atom. The second-order valence-corrected chi connectivity index (χ2v) is 9.58. The molecule has 0 aliphatic rings. The van der Waals surface area contributed by atoms with Crippen molar-refractivity contribution in [2.24, 2.45) is 0 Å². The van der Waals surface area contributed by atoms with E-state index < -0.39 is 10.0 Å². The Hall–Kier alpha value is -2.77. The van der Waals surface area contributed by atoms with Gasteiger partial charge in [-0.2, -0.15) is 11.8 Å². The van der Waals surface area contributed by atoms with Crippen LogP contribution in [0.3, 0.4) is 0 Å². The average Bonchev–Trinajstić information content (AvgIpc) is 2.74. The number of amides is 1. The molecule has 3 aromatic carbocycles. The van der Waals surface area contributed by atoms with Gasteiger partial charge in [0.05, 0.1) is 4.90 Å². The molecular formula is C23H24N2O3S2. The summed E-state index contributed by atoms with van der Waals surface area (Å²) in [6.07, 6.45) is 0. The van der Waals surface area contributed by atoms with Crippen LogP contribution in [0.25, 0.3) is 0 Å². The highest BCUT2D eigenvalue weighted by molar-refractivity contribution is 7.98. The summed E-state index contributed by atoms with van der Waals surface area (Å²) in [5.41, 5.74) is 3.42. The molecular weight excluding hydrogens is 416 g/mol. The van der Waals surface area contributed by atoms with Crippen molar-refractivity contribution >= 4 is 33.4 Å². The lowest BCUT2D eigenvalue weighted by atomic mass is 10.2. The van der Waals surface area contributed by atoms with Crippen LogP contribution in [0.4, 0.5) is 5.69 Å². The van der Waals surface area contributed by atoms with E-state index in [1.54, 1.807) is 54.2 Å². The molecule has 3 aromatic rings. The molecule has 0 saturated heterocycles. The van der Waals surface area contributed by atoms with Gasteiger partial charge in [0, 0.05) is 29.3 Å². The zero-order valence-electron chi connectivity index (χ0n) is 16.7. The molecule has 0 fully saturated rings. The first kappa shape index (κ1) is 21.9. The smallest absolute Gasteiger partial charge is 0.261 e. The fourth-order valence-electron chi connectivity index (χ4n) is 2.83. The van der Waals surface area contributed by atoms with E-state index >= 15 is 0 Å². The summed E-state index contributed by atoms with van der Waals surface area (Å²) in [5, 5.41) is 2.89. The van der Waals surface area contributed by atoms with Gasteiger partial charge in [0.1, 0.15) is 0 Å². The molecule has 0 saturated carbocycles. The monoisotopic (exact) mass is 440 g/mol. The van der Waals surface area contributed by atoms with Gasteiger partial charge in [-0.25, -0.2) is 8.42 Å². The minimum absolute atomic E-state index is 0.177. The molecule has 1 amide bonds. The van der Waals surface area contributed by atoms with Crippen molar-refractivity contribution in [2.45, 2.75) is 17.6 Å². The predicted octanol–water partition coefficient (Wildman–Crippen LogP) is 4.46. The van der Waals surface area contributed by atoms with Crippen molar-refractivity contribution < 1.29 is 13.2 Å². The SMILES string of the molecule is Cc1cccc(CSCCNC(=O)c2ccc(NS(=O)(=O)c3ccccc3)cc2)c1. The maximum atomic E-state index is 12.4. The summed E-state index contributed by atoms with van der Waals surface area (Å²) < 4.78 is 27.2. The van der Waals surface area contributed by atoms with E-state index in [4.69, 9.17) is 0 Å². The lowest BCUT2D eigenvalue weighted by Crippen LogP contribution is -2.25. The van der Waals surface area contributed by atoms with Gasteiger partial charge in [0.25, 0.3) is 15.9 Å². The zero-order valence-corrected chi connectivity index (χ0v) is 18.3. The van der Waals surface area contributed by atoms with Gasteiger partial charge in [-0.15, -0.1) is 0 Å². The second kappa shape index (κ2) is 10.3. The first-order valence-corrected chi connectivity index (χ1v) is 12.2. The Balaban J connectivity index is 1.45. The minimum Gasteiger partial charge on any atom is -0.351 e. The van der Waals surface area contributed by atoms with Crippen LogP contribution in [0.5, 0.6) is 0 Å². The lowest BCUT2D eigenvalue weighted by Gasteiger charge is -2.09. The fraction of sp³-hybridized carbons (Fsp3) is 0.174. The molecule has 5 nitrogen and oxygen atoms in total. The third kappa shape index (κ3) is 6.37. The van der Waals surface area contributed by atoms with Gasteiger partial charge >= 0.3 is 0 Å². The van der Waals surface area contributed by atoms with Gasteiger partial charge in [-0.3, -0.25) is 9.52 Å². The highest BCUT2D eigenvalue weighted by atomic mass is 32.2. The number of carbonyl (C=O) groups is 1. The Labute approximate surface area is 182 Å². The van der Waals surface area contributed by atoms with Gasteiger partial charge < -0.3 is 5.32 Å². The molecule has 0 spiro atoms. The normalized spacial score (nSPS) is 11.1. The van der Waals surface area contributed by atoms with E-state index in [1.807, 2.05) is 0 Å². The van der Waals surface area contributed by atoms with Crippen LogP contribution in [0.1, 0.15) is 21.5 Å². The van der Waals surface area contributed by atoms with Crippen molar-refractivity contribution in [1.29, 1.82) is 0 Å². The molecule has 0 atom stereocenters. The summed E-state index contributed by atoms with van der Waals surface area (Å²) in [4.78, 5) is 12.5. The first-order chi connectivity index (χ1) is 14.4. The van der Waals surface area contributed by atoms with Crippen LogP contribution in [0.15, 0.2) is 83.8 Å². The number of nitrogens with one attached hydrogen (secondary N) is 2. The molecule has 0 aromatic heterocycles. The van der Waals surface area contributed by atoms with Crippen LogP contribution in [0, 0.1) is 6.92 Å². The van der Waals surface area contributed by atoms with Crippen LogP contribution in [-0.4, -0.2) is 26.6 Å². The van der Waals surface area contributed by atoms with Crippen LogP contribution < -0.4 is 10.0 Å². The molecule has 0 radical (unpaired) electrons. The summed E-state index contributed by atoms with van der Waals surface area (Å²) >= 11 is 1.77. The van der Waals surface area contributed by atoms with Crippen LogP contribution in [-0.2, 0) is 15.8 Å². The number of sulfonamides is 1. The Morgan fingerprint density at radius 1 is 0.933 bits per heavy atom. The molecule has 156 valence electrons. The third-order valence-electron chi connectivity index (χ3n) is 4.34. The summed E-state index contributed by atoms with van der Waals surface area (Å²) in [7, 11) is -3.65. The average molecular weight is 441 g/mol. The van der Waals surface area contributed by atoms with Crippen molar-refractivity contribution in [2.75, 3.05) is 17.0 Å². The van der Waals surface area contributed by atoms with E-state index in [0.29, 0.717) is 17.8 Å². The quantitative estimate of drug-likeness (QED) is 0.482. The second-order valence-electron chi connectivity index (χ2n) is 6.79. The molecule has 7 heteroatoms. The Bertz CT molecular complexity index is 1080. The summed E-state index contributed by atoms with van der Waals surface area (Å²) in [6, 6.07) is 22.9. The van der Waals surface area contributed by atoms with Crippen LogP contribution >= 0.6 is 11.8 Å². The van der Waals surface area contributed by atoms with E-state index in [0.717, 1.165) is 11.5 Å². The number of benzene rings is 3. The number of hydrogen-bond acceptors (Lipinski definition) is 4. The van der Waals surface area contributed by atoms with Gasteiger partial charge in [-0.1, -0.05) is 48.0 Å². The Kier molecular flexibility index (Phi) is 7.54. The van der Waals surface area contributed by atoms with E-state index in [2.05, 4.69) is 41.2 Å². The van der Waals surface area contributed by atoms with E-state index in [9.17, 15) is 13.2 Å². The molecule has 3 rings (SSSR count). The largest absolute Gasteiger partial charge is 0.351 e. The van der Waals surface area contributed by atoms with Crippen molar-refractivity contribution in [1.82, 2.24) is 5.32 Å². The number of rotatable bonds is 9. The Morgan fingerprint density at radius 2 is 1.67 bits per heavy atom. The first-order valence-electron chi connectivity index (χ1n) is 9.53. The molecule has 2 N–H and O–H groups in total. The molecule has 30 heavy (non-hydrogen) atoms. The topological polar surface area (TPSA) is 75.3 Å². The third-order valence-corrected chi connectivity index (χ3v) is 6.76. The zero-order chi connectivity index (χ0) is 21.4. The van der Waals surface area contributed by atoms with Gasteiger partial charge in [0.2, 0.25) is 0 Å². The van der Waals surface area contributed by atoms with E-state index in [1.165, 1.54) is 23.3 Å². The number of thioether (sulfide) groups is 1. The van der Waals surface area contributed by atoms with Gasteiger partial charge in [0.15, 0.2) is 0 Å². The van der Waals surface area contributed by atoms with Crippen LogP contribution in [0.2, 0.25) is 0 Å². The number of carbonyl (C=O) groups excluding carboxylic acids is 1. The van der Waals surface area contributed by atoms with Crippen molar-refractivity contribution in [3.8, 4) is 0 Å². The number of aryl methyl sites for hydroxylation is 1. The fourth-order valence-corrected chi connectivity index (χ4v) is 4.72. The summed E-state index contributed by atoms with van der Waals surface area (Å²) in [5.74, 6) is 1.55. The molecule has 0 aliphatic carbocycles. The van der Waals surface area contributed by atoms with Crippen molar-refractivity contribution in [3.63, 3.8) is 0 Å². The minimum atomic E-state index is -3.65. The van der Waals surface area contributed by atoms with Crippen molar-refractivity contribution in [3.05, 3.63) is 95.6 Å². The van der Waals surface area contributed by atoms with Gasteiger partial charge in [-0.05, 0) is 48.9 Å². The number of anilines is 1. The molecule has 0 heterocycles. The molecule has 0 bridgehead atoms. The summed E-state index contributed by atoms with van der Waals surface area (Å²) in [6.45, 7) is 2.64. The highest BCUT2D eigenvalue weighted by Gasteiger charge is 2.13. The maximum absolute atomic E-state index is 12.4. The predicted molar refractivity (Wildman–Crippen MR) is 123 cm³/mol. The lowest BCUT2D eigenvalue weighted by molar-refractivity contribution is 0.0956. The molecule has 0 unspecified atom stereocenters. The highest BCUT2D eigenvalue weighted by Crippen LogP contribution is 2.17. The molecule has 0 aliphatic heterocycles. The maximum Gasteiger partial charge on any atom is 0.261 e. The van der Waals surface area contributed by atoms with E-state index in [-0.39, 0.29) is 10.8 Å².